The number of pyridine rings is 1. The summed E-state index contributed by atoms with van der Waals surface area (Å²) in [7, 11) is 1.71. The fourth-order valence-electron chi connectivity index (χ4n) is 5.93. The Morgan fingerprint density at radius 1 is 0.611 bits per heavy atom. The number of benzene rings is 4. The molecule has 1 aliphatic heterocycles. The predicted octanol–water partition coefficient (Wildman–Crippen LogP) is 5.66. The number of hydrogen-bond acceptors (Lipinski definition) is 1. The van der Waals surface area contributed by atoms with Crippen molar-refractivity contribution in [3.63, 3.8) is 0 Å². The molecule has 3 heteroatoms. The van der Waals surface area contributed by atoms with Gasteiger partial charge in [-0.2, -0.15) is 0 Å². The van der Waals surface area contributed by atoms with Gasteiger partial charge in [-0.05, 0) is 36.8 Å². The van der Waals surface area contributed by atoms with E-state index in [4.69, 9.17) is 4.74 Å². The minimum atomic E-state index is -1.47. The Morgan fingerprint density at radius 2 is 1.17 bits per heavy atom. The Labute approximate surface area is 213 Å². The Balaban J connectivity index is 1.69. The fraction of sp³-hybridized carbons (Fsp3) is 0.0606. The molecule has 1 aliphatic rings. The number of ether oxygens (including phenoxy) is 1. The monoisotopic (exact) mass is 465 g/mol. The van der Waals surface area contributed by atoms with Gasteiger partial charge in [-0.15, -0.1) is 16.4 Å². The summed E-state index contributed by atoms with van der Waals surface area (Å²) >= 11 is 0. The quantitative estimate of drug-likeness (QED) is 0.306. The van der Waals surface area contributed by atoms with Crippen LogP contribution >= 0.6 is 0 Å². The molecule has 1 aromatic heterocycles. The molecule has 0 saturated carbocycles. The summed E-state index contributed by atoms with van der Waals surface area (Å²) in [5.74, 6) is 0.865. The van der Waals surface area contributed by atoms with Gasteiger partial charge < -0.3 is 9.21 Å². The number of methoxy groups -OCH3 is 1. The Kier molecular flexibility index (Phi) is 5.54. The Hall–Kier alpha value is -4.37. The molecule has 0 bridgehead atoms. The average molecular weight is 465 g/mol. The van der Waals surface area contributed by atoms with Crippen molar-refractivity contribution in [1.29, 1.82) is 0 Å². The molecule has 0 N–H and O–H groups in total. The number of aromatic nitrogens is 1. The molecule has 0 fully saturated rings. The third-order valence-corrected chi connectivity index (χ3v) is 7.59. The maximum atomic E-state index is 5.40. The summed E-state index contributed by atoms with van der Waals surface area (Å²) in [6, 6.07) is 43.4. The minimum Gasteiger partial charge on any atom is -0.497 e. The highest BCUT2D eigenvalue weighted by Crippen LogP contribution is 2.34. The average Bonchev–Trinajstić information content (AvgIpc) is 3.31. The summed E-state index contributed by atoms with van der Waals surface area (Å²) in [5.41, 5.74) is 10.1. The Morgan fingerprint density at radius 3 is 1.72 bits per heavy atom. The standard InChI is InChI=1S/C33H28BNO/c1-25-22-28(26-18-20-31(36-2)21-19-26)24-35-33(25)23-32(27-12-6-3-7-13-27)34(35,29-14-8-4-9-15-29)30-16-10-5-11-17-30/h3-24H,1-2H3. The van der Waals surface area contributed by atoms with Crippen LogP contribution in [0, 0.1) is 6.92 Å². The molecule has 6 rings (SSSR count). The van der Waals surface area contributed by atoms with E-state index in [1.54, 1.807) is 7.11 Å². The lowest BCUT2D eigenvalue weighted by molar-refractivity contribution is -0.538. The zero-order valence-electron chi connectivity index (χ0n) is 20.6. The first-order valence-corrected chi connectivity index (χ1v) is 12.5. The van der Waals surface area contributed by atoms with Gasteiger partial charge in [-0.3, -0.25) is 0 Å². The molecule has 36 heavy (non-hydrogen) atoms. The van der Waals surface area contributed by atoms with E-state index in [2.05, 4.69) is 133 Å². The van der Waals surface area contributed by atoms with E-state index in [0.717, 1.165) is 5.75 Å². The third-order valence-electron chi connectivity index (χ3n) is 7.59. The van der Waals surface area contributed by atoms with Crippen LogP contribution in [0.3, 0.4) is 0 Å². The molecule has 0 amide bonds. The van der Waals surface area contributed by atoms with Crippen LogP contribution in [0.4, 0.5) is 0 Å². The zero-order chi connectivity index (χ0) is 24.5. The first-order valence-electron chi connectivity index (χ1n) is 12.5. The van der Waals surface area contributed by atoms with Crippen LogP contribution in [0.25, 0.3) is 22.7 Å². The largest absolute Gasteiger partial charge is 0.497 e. The first kappa shape index (κ1) is 22.1. The van der Waals surface area contributed by atoms with E-state index in [1.165, 1.54) is 44.3 Å². The topological polar surface area (TPSA) is 13.1 Å². The lowest BCUT2D eigenvalue weighted by atomic mass is 9.23. The van der Waals surface area contributed by atoms with Gasteiger partial charge in [0.2, 0.25) is 0 Å². The van der Waals surface area contributed by atoms with Crippen LogP contribution in [-0.4, -0.2) is 13.4 Å². The Bertz CT molecular complexity index is 1500. The second-order valence-corrected chi connectivity index (χ2v) is 9.54. The van der Waals surface area contributed by atoms with Gasteiger partial charge in [0.1, 0.15) is 11.9 Å². The zero-order valence-corrected chi connectivity index (χ0v) is 20.6. The predicted molar refractivity (Wildman–Crippen MR) is 151 cm³/mol. The van der Waals surface area contributed by atoms with Crippen molar-refractivity contribution in [3.05, 3.63) is 144 Å². The molecule has 0 aliphatic carbocycles. The van der Waals surface area contributed by atoms with Crippen molar-refractivity contribution in [1.82, 2.24) is 0 Å². The van der Waals surface area contributed by atoms with Crippen molar-refractivity contribution in [2.45, 2.75) is 6.92 Å². The van der Waals surface area contributed by atoms with E-state index >= 15 is 0 Å². The van der Waals surface area contributed by atoms with Crippen LogP contribution in [0.1, 0.15) is 16.8 Å². The summed E-state index contributed by atoms with van der Waals surface area (Å²) < 4.78 is 7.95. The molecular formula is C33H28BNO. The molecule has 174 valence electrons. The first-order chi connectivity index (χ1) is 17.7. The van der Waals surface area contributed by atoms with E-state index in [1.807, 2.05) is 12.1 Å². The summed E-state index contributed by atoms with van der Waals surface area (Å²) in [5, 5.41) is 0. The van der Waals surface area contributed by atoms with E-state index in [9.17, 15) is 0 Å². The molecule has 0 atom stereocenters. The SMILES string of the molecule is COc1ccc(-c2cc(C)c3[n+](c2)[B-](c2ccccc2)(c2ccccc2)C(c2ccccc2)=C3)cc1. The van der Waals surface area contributed by atoms with Crippen molar-refractivity contribution in [2.24, 2.45) is 0 Å². The molecule has 2 heterocycles. The van der Waals surface area contributed by atoms with E-state index < -0.39 is 6.28 Å². The van der Waals surface area contributed by atoms with Crippen molar-refractivity contribution < 1.29 is 9.21 Å². The van der Waals surface area contributed by atoms with Crippen LogP contribution in [0.5, 0.6) is 5.75 Å². The lowest BCUT2D eigenvalue weighted by Crippen LogP contribution is -2.78. The molecule has 0 saturated heterocycles. The second-order valence-electron chi connectivity index (χ2n) is 9.54. The maximum Gasteiger partial charge on any atom is 0.361 e. The number of aryl methyl sites for hydroxylation is 1. The lowest BCUT2D eigenvalue weighted by Gasteiger charge is -2.36. The summed E-state index contributed by atoms with van der Waals surface area (Å²) in [4.78, 5) is 0. The normalized spacial score (nSPS) is 13.7. The number of nitrogens with zero attached hydrogens (tertiary/aromatic N) is 1. The third kappa shape index (κ3) is 3.47. The molecule has 0 unspecified atom stereocenters. The number of rotatable bonds is 5. The highest BCUT2D eigenvalue weighted by molar-refractivity contribution is 7.10. The van der Waals surface area contributed by atoms with Gasteiger partial charge in [-0.1, -0.05) is 109 Å². The van der Waals surface area contributed by atoms with Crippen LogP contribution in [0.15, 0.2) is 128 Å². The van der Waals surface area contributed by atoms with Crippen LogP contribution in [0.2, 0.25) is 0 Å². The molecule has 5 aromatic rings. The highest BCUT2D eigenvalue weighted by atomic mass is 16.5. The number of fused-ring (bicyclic) bond motifs is 1. The van der Waals surface area contributed by atoms with Gasteiger partial charge in [0.15, 0.2) is 5.69 Å². The van der Waals surface area contributed by atoms with Crippen molar-refractivity contribution in [3.8, 4) is 16.9 Å². The van der Waals surface area contributed by atoms with Crippen LogP contribution < -0.4 is 20.1 Å². The van der Waals surface area contributed by atoms with Crippen LogP contribution in [-0.2, 0) is 0 Å². The fourth-order valence-corrected chi connectivity index (χ4v) is 5.93. The smallest absolute Gasteiger partial charge is 0.361 e. The molecule has 2 nitrogen and oxygen atoms in total. The second kappa shape index (κ2) is 9.01. The van der Waals surface area contributed by atoms with E-state index in [-0.39, 0.29) is 0 Å². The minimum absolute atomic E-state index is 0.865. The molecular weight excluding hydrogens is 437 g/mol. The number of hydrogen-bond donors (Lipinski definition) is 0. The highest BCUT2D eigenvalue weighted by Gasteiger charge is 2.49. The molecule has 0 spiro atoms. The molecule has 0 radical (unpaired) electrons. The van der Waals surface area contributed by atoms with Gasteiger partial charge in [-0.25, -0.2) is 0 Å². The van der Waals surface area contributed by atoms with Gasteiger partial charge in [0, 0.05) is 11.1 Å². The summed E-state index contributed by atoms with van der Waals surface area (Å²) in [6.45, 7) is 2.22. The van der Waals surface area contributed by atoms with Crippen molar-refractivity contribution in [2.75, 3.05) is 7.11 Å². The van der Waals surface area contributed by atoms with Gasteiger partial charge >= 0.3 is 6.28 Å². The van der Waals surface area contributed by atoms with Crippen molar-refractivity contribution >= 4 is 28.8 Å². The summed E-state index contributed by atoms with van der Waals surface area (Å²) in [6.07, 6.45) is 3.28. The van der Waals surface area contributed by atoms with Gasteiger partial charge in [0.05, 0.1) is 7.11 Å². The maximum absolute atomic E-state index is 5.40. The molecule has 4 aromatic carbocycles. The van der Waals surface area contributed by atoms with Gasteiger partial charge in [0.25, 0.3) is 0 Å². The van der Waals surface area contributed by atoms with E-state index in [0.29, 0.717) is 0 Å².